The van der Waals surface area contributed by atoms with E-state index in [0.717, 1.165) is 49.2 Å². The van der Waals surface area contributed by atoms with Crippen molar-refractivity contribution in [2.45, 2.75) is 71.9 Å². The molecule has 0 atom stereocenters. The molecule has 1 aromatic rings. The second-order valence-electron chi connectivity index (χ2n) is 7.21. The number of ether oxygens (including phenoxy) is 1. The van der Waals surface area contributed by atoms with E-state index in [-0.39, 0.29) is 24.0 Å². The predicted molar refractivity (Wildman–Crippen MR) is 106 cm³/mol. The van der Waals surface area contributed by atoms with Crippen molar-refractivity contribution in [3.05, 3.63) is 28.6 Å². The topological polar surface area (TPSA) is 80.6 Å². The van der Waals surface area contributed by atoms with Gasteiger partial charge in [-0.05, 0) is 53.0 Å². The van der Waals surface area contributed by atoms with Crippen LogP contribution in [0.2, 0.25) is 0 Å². The zero-order chi connectivity index (χ0) is 20.0. The predicted octanol–water partition coefficient (Wildman–Crippen LogP) is 3.13. The number of amides is 1. The normalized spacial score (nSPS) is 16.0. The number of carbonyl (C=O) groups excluding carboxylic acids is 2. The lowest BCUT2D eigenvalue weighted by Gasteiger charge is -2.29. The first-order chi connectivity index (χ1) is 12.9. The Hall–Kier alpha value is -2.08. The SMILES string of the molecule is CCOC(=O)c1c(C=CC(=O)NC2(CCO)CCCC2)c(C)n(CC)c1C. The number of hydrogen-bond donors (Lipinski definition) is 2. The van der Waals surface area contributed by atoms with Crippen LogP contribution < -0.4 is 5.32 Å². The molecule has 150 valence electrons. The van der Waals surface area contributed by atoms with Gasteiger partial charge in [-0.2, -0.15) is 0 Å². The van der Waals surface area contributed by atoms with E-state index in [2.05, 4.69) is 5.32 Å². The second-order valence-corrected chi connectivity index (χ2v) is 7.21. The van der Waals surface area contributed by atoms with Crippen LogP contribution in [0.4, 0.5) is 0 Å². The van der Waals surface area contributed by atoms with Crippen molar-refractivity contribution in [3.63, 3.8) is 0 Å². The third kappa shape index (κ3) is 4.61. The second kappa shape index (κ2) is 9.22. The van der Waals surface area contributed by atoms with Gasteiger partial charge in [0.05, 0.1) is 12.2 Å². The van der Waals surface area contributed by atoms with Crippen molar-refractivity contribution < 1.29 is 19.4 Å². The average Bonchev–Trinajstić information content (AvgIpc) is 3.16. The fraction of sp³-hybridized carbons (Fsp3) is 0.619. The molecular weight excluding hydrogens is 344 g/mol. The maximum atomic E-state index is 12.5. The number of aromatic nitrogens is 1. The van der Waals surface area contributed by atoms with E-state index in [1.165, 1.54) is 6.08 Å². The summed E-state index contributed by atoms with van der Waals surface area (Å²) in [5.74, 6) is -0.556. The molecule has 0 bridgehead atoms. The Morgan fingerprint density at radius 1 is 1.22 bits per heavy atom. The highest BCUT2D eigenvalue weighted by Crippen LogP contribution is 2.32. The molecule has 0 radical (unpaired) electrons. The van der Waals surface area contributed by atoms with Gasteiger partial charge in [0.1, 0.15) is 0 Å². The maximum Gasteiger partial charge on any atom is 0.340 e. The Bertz CT molecular complexity index is 712. The number of hydrogen-bond acceptors (Lipinski definition) is 4. The van der Waals surface area contributed by atoms with Gasteiger partial charge in [-0.1, -0.05) is 12.8 Å². The third-order valence-electron chi connectivity index (χ3n) is 5.57. The molecule has 1 aliphatic carbocycles. The van der Waals surface area contributed by atoms with Crippen molar-refractivity contribution in [1.82, 2.24) is 9.88 Å². The summed E-state index contributed by atoms with van der Waals surface area (Å²) in [6.07, 6.45) is 7.69. The zero-order valence-electron chi connectivity index (χ0n) is 16.9. The van der Waals surface area contributed by atoms with Crippen molar-refractivity contribution in [1.29, 1.82) is 0 Å². The number of nitrogens with zero attached hydrogens (tertiary/aromatic N) is 1. The molecule has 0 unspecified atom stereocenters. The Balaban J connectivity index is 2.27. The molecule has 1 amide bonds. The molecule has 1 fully saturated rings. The van der Waals surface area contributed by atoms with Gasteiger partial charge in [0.2, 0.25) is 5.91 Å². The smallest absolute Gasteiger partial charge is 0.340 e. The minimum absolute atomic E-state index is 0.0641. The Morgan fingerprint density at radius 3 is 2.44 bits per heavy atom. The monoisotopic (exact) mass is 376 g/mol. The first kappa shape index (κ1) is 21.2. The Labute approximate surface area is 161 Å². The third-order valence-corrected chi connectivity index (χ3v) is 5.57. The van der Waals surface area contributed by atoms with E-state index in [4.69, 9.17) is 4.74 Å². The van der Waals surface area contributed by atoms with Crippen molar-refractivity contribution in [3.8, 4) is 0 Å². The van der Waals surface area contributed by atoms with Crippen LogP contribution in [0.1, 0.15) is 73.3 Å². The van der Waals surface area contributed by atoms with E-state index in [1.807, 2.05) is 25.3 Å². The summed E-state index contributed by atoms with van der Waals surface area (Å²) < 4.78 is 7.26. The van der Waals surface area contributed by atoms with Gasteiger partial charge in [-0.15, -0.1) is 0 Å². The van der Waals surface area contributed by atoms with Crippen molar-refractivity contribution in [2.75, 3.05) is 13.2 Å². The van der Waals surface area contributed by atoms with Crippen LogP contribution in [-0.2, 0) is 16.1 Å². The molecule has 1 aliphatic rings. The molecule has 6 heteroatoms. The molecule has 2 rings (SSSR count). The molecule has 1 heterocycles. The molecule has 27 heavy (non-hydrogen) atoms. The Morgan fingerprint density at radius 2 is 1.89 bits per heavy atom. The summed E-state index contributed by atoms with van der Waals surface area (Å²) in [6, 6.07) is 0. The van der Waals surface area contributed by atoms with E-state index in [0.29, 0.717) is 18.6 Å². The number of esters is 1. The first-order valence-electron chi connectivity index (χ1n) is 9.87. The van der Waals surface area contributed by atoms with Crippen LogP contribution in [0.3, 0.4) is 0 Å². The molecule has 1 aromatic heterocycles. The highest BCUT2D eigenvalue weighted by atomic mass is 16.5. The minimum Gasteiger partial charge on any atom is -0.462 e. The van der Waals surface area contributed by atoms with E-state index < -0.39 is 0 Å². The molecule has 1 saturated carbocycles. The number of aliphatic hydroxyl groups is 1. The summed E-state index contributed by atoms with van der Waals surface area (Å²) in [5, 5.41) is 12.4. The van der Waals surface area contributed by atoms with Crippen LogP contribution >= 0.6 is 0 Å². The molecule has 0 aromatic carbocycles. The lowest BCUT2D eigenvalue weighted by Crippen LogP contribution is -2.46. The molecule has 2 N–H and O–H groups in total. The van der Waals surface area contributed by atoms with Crippen LogP contribution in [-0.4, -0.2) is 40.3 Å². The number of carbonyl (C=O) groups is 2. The van der Waals surface area contributed by atoms with Crippen LogP contribution in [0, 0.1) is 13.8 Å². The fourth-order valence-corrected chi connectivity index (χ4v) is 4.21. The van der Waals surface area contributed by atoms with Gasteiger partial charge in [-0.3, -0.25) is 4.79 Å². The van der Waals surface area contributed by atoms with E-state index >= 15 is 0 Å². The maximum absolute atomic E-state index is 12.5. The summed E-state index contributed by atoms with van der Waals surface area (Å²) >= 11 is 0. The summed E-state index contributed by atoms with van der Waals surface area (Å²) in [7, 11) is 0. The molecule has 0 aliphatic heterocycles. The summed E-state index contributed by atoms with van der Waals surface area (Å²) in [4.78, 5) is 25.0. The van der Waals surface area contributed by atoms with E-state index in [1.54, 1.807) is 13.0 Å². The highest BCUT2D eigenvalue weighted by Gasteiger charge is 2.34. The van der Waals surface area contributed by atoms with E-state index in [9.17, 15) is 14.7 Å². The summed E-state index contributed by atoms with van der Waals surface area (Å²) in [6.45, 7) is 8.76. The summed E-state index contributed by atoms with van der Waals surface area (Å²) in [5.41, 5.74) is 2.73. The van der Waals surface area contributed by atoms with Crippen molar-refractivity contribution in [2.24, 2.45) is 0 Å². The Kier molecular flexibility index (Phi) is 7.25. The van der Waals surface area contributed by atoms with Crippen LogP contribution in [0.5, 0.6) is 0 Å². The van der Waals surface area contributed by atoms with Gasteiger partial charge in [0, 0.05) is 41.7 Å². The zero-order valence-corrected chi connectivity index (χ0v) is 16.9. The molecule has 0 spiro atoms. The average molecular weight is 376 g/mol. The van der Waals surface area contributed by atoms with Gasteiger partial charge in [0.25, 0.3) is 0 Å². The molecule has 6 nitrogen and oxygen atoms in total. The molecular formula is C21H32N2O4. The standard InChI is InChI=1S/C21H32N2O4/c1-5-23-15(3)17(19(16(23)4)20(26)27-6-2)9-10-18(25)22-21(13-14-24)11-7-8-12-21/h9-10,24H,5-8,11-14H2,1-4H3,(H,22,25). The first-order valence-corrected chi connectivity index (χ1v) is 9.87. The fourth-order valence-electron chi connectivity index (χ4n) is 4.21. The lowest BCUT2D eigenvalue weighted by atomic mass is 9.93. The lowest BCUT2D eigenvalue weighted by molar-refractivity contribution is -0.118. The number of rotatable bonds is 8. The minimum atomic E-state index is -0.363. The van der Waals surface area contributed by atoms with Gasteiger partial charge < -0.3 is 19.7 Å². The van der Waals surface area contributed by atoms with Gasteiger partial charge in [-0.25, -0.2) is 4.79 Å². The van der Waals surface area contributed by atoms with Crippen molar-refractivity contribution >= 4 is 18.0 Å². The number of aliphatic hydroxyl groups excluding tert-OH is 1. The van der Waals surface area contributed by atoms with Crippen LogP contribution in [0.25, 0.3) is 6.08 Å². The molecule has 0 saturated heterocycles. The van der Waals surface area contributed by atoms with Gasteiger partial charge in [0.15, 0.2) is 0 Å². The van der Waals surface area contributed by atoms with Crippen LogP contribution in [0.15, 0.2) is 6.08 Å². The quantitative estimate of drug-likeness (QED) is 0.540. The number of nitrogens with one attached hydrogen (secondary N) is 1. The highest BCUT2D eigenvalue weighted by molar-refractivity contribution is 5.99. The largest absolute Gasteiger partial charge is 0.462 e. The van der Waals surface area contributed by atoms with Gasteiger partial charge >= 0.3 is 5.97 Å².